The molecule has 0 unspecified atom stereocenters. The number of benzene rings is 1. The number of hydrogen-bond donors (Lipinski definition) is 1. The quantitative estimate of drug-likeness (QED) is 0.842. The van der Waals surface area contributed by atoms with Crippen molar-refractivity contribution in [2.45, 2.75) is 59.2 Å². The molecule has 0 spiro atoms. The van der Waals surface area contributed by atoms with Crippen LogP contribution in [0.4, 0.5) is 0 Å². The molecule has 1 aromatic rings. The van der Waals surface area contributed by atoms with Crippen LogP contribution in [0.3, 0.4) is 0 Å². The Hall–Kier alpha value is -1.59. The molecule has 5 heteroatoms. The first-order chi connectivity index (χ1) is 11.1. The van der Waals surface area contributed by atoms with Gasteiger partial charge in [0, 0.05) is 13.5 Å². The second-order valence-electron chi connectivity index (χ2n) is 7.32. The number of nitrogens with one attached hydrogen (secondary N) is 1. The average Bonchev–Trinajstić information content (AvgIpc) is 2.71. The predicted octanol–water partition coefficient (Wildman–Crippen LogP) is 3.40. The summed E-state index contributed by atoms with van der Waals surface area (Å²) in [6, 6.07) is 8.36. The standard InChI is InChI=1S/C19H28BNO3/c1-7-15-9-8-10-16(11-15)12-17(13-21-14(2)22)20-23-18(3,4)19(5,6)24-20/h8-12H,7,13H2,1-6H3,(H,21,22). The fourth-order valence-corrected chi connectivity index (χ4v) is 2.54. The van der Waals surface area contributed by atoms with Gasteiger partial charge < -0.3 is 14.6 Å². The van der Waals surface area contributed by atoms with E-state index in [1.165, 1.54) is 12.5 Å². The van der Waals surface area contributed by atoms with E-state index in [0.717, 1.165) is 17.5 Å². The Kier molecular flexibility index (Phi) is 5.56. The van der Waals surface area contributed by atoms with E-state index >= 15 is 0 Å². The largest absolute Gasteiger partial charge is 0.492 e. The van der Waals surface area contributed by atoms with Gasteiger partial charge in [-0.2, -0.15) is 0 Å². The third kappa shape index (κ3) is 4.28. The fourth-order valence-electron chi connectivity index (χ4n) is 2.54. The zero-order chi connectivity index (χ0) is 18.0. The van der Waals surface area contributed by atoms with Crippen LogP contribution in [-0.4, -0.2) is 30.8 Å². The number of rotatable bonds is 5. The zero-order valence-corrected chi connectivity index (χ0v) is 15.6. The van der Waals surface area contributed by atoms with Gasteiger partial charge >= 0.3 is 7.12 Å². The van der Waals surface area contributed by atoms with Crippen LogP contribution in [0.15, 0.2) is 29.7 Å². The molecule has 1 aliphatic heterocycles. The van der Waals surface area contributed by atoms with Crippen molar-refractivity contribution >= 4 is 19.1 Å². The number of carbonyl (C=O) groups is 1. The summed E-state index contributed by atoms with van der Waals surface area (Å²) in [5.41, 5.74) is 2.47. The van der Waals surface area contributed by atoms with Gasteiger partial charge in [-0.05, 0) is 50.7 Å². The Balaban J connectivity index is 2.31. The van der Waals surface area contributed by atoms with Gasteiger partial charge in [-0.25, -0.2) is 0 Å². The Bertz CT molecular complexity index is 621. The molecule has 1 amide bonds. The first-order valence-electron chi connectivity index (χ1n) is 8.54. The lowest BCUT2D eigenvalue weighted by atomic mass is 9.77. The van der Waals surface area contributed by atoms with Gasteiger partial charge in [-0.3, -0.25) is 4.79 Å². The molecule has 0 saturated carbocycles. The molecule has 0 radical (unpaired) electrons. The van der Waals surface area contributed by atoms with Crippen molar-refractivity contribution in [3.05, 3.63) is 40.9 Å². The summed E-state index contributed by atoms with van der Waals surface area (Å²) in [7, 11) is -0.466. The summed E-state index contributed by atoms with van der Waals surface area (Å²) < 4.78 is 12.3. The highest BCUT2D eigenvalue weighted by atomic mass is 16.7. The molecule has 1 saturated heterocycles. The van der Waals surface area contributed by atoms with Crippen molar-refractivity contribution in [3.8, 4) is 0 Å². The summed E-state index contributed by atoms with van der Waals surface area (Å²) in [6.45, 7) is 12.2. The predicted molar refractivity (Wildman–Crippen MR) is 98.6 cm³/mol. The molecule has 2 rings (SSSR count). The highest BCUT2D eigenvalue weighted by molar-refractivity contribution is 6.56. The molecule has 130 valence electrons. The van der Waals surface area contributed by atoms with Gasteiger partial charge in [0.25, 0.3) is 0 Å². The highest BCUT2D eigenvalue weighted by Crippen LogP contribution is 2.38. The minimum absolute atomic E-state index is 0.0697. The summed E-state index contributed by atoms with van der Waals surface area (Å²) in [6.07, 6.45) is 3.04. The third-order valence-electron chi connectivity index (χ3n) is 4.81. The van der Waals surface area contributed by atoms with Crippen LogP contribution >= 0.6 is 0 Å². The normalized spacial score (nSPS) is 19.4. The van der Waals surface area contributed by atoms with Crippen LogP contribution in [0.25, 0.3) is 6.08 Å². The third-order valence-corrected chi connectivity index (χ3v) is 4.81. The lowest BCUT2D eigenvalue weighted by Gasteiger charge is -2.32. The zero-order valence-electron chi connectivity index (χ0n) is 15.6. The smallest absolute Gasteiger partial charge is 0.400 e. The molecule has 0 bridgehead atoms. The molecule has 0 aromatic heterocycles. The molecule has 4 nitrogen and oxygen atoms in total. The van der Waals surface area contributed by atoms with E-state index in [9.17, 15) is 4.79 Å². The number of amides is 1. The van der Waals surface area contributed by atoms with Crippen molar-refractivity contribution in [1.82, 2.24) is 5.32 Å². The lowest BCUT2D eigenvalue weighted by Crippen LogP contribution is -2.41. The van der Waals surface area contributed by atoms with E-state index in [1.807, 2.05) is 33.8 Å². The van der Waals surface area contributed by atoms with Gasteiger partial charge in [-0.1, -0.05) is 37.3 Å². The monoisotopic (exact) mass is 329 g/mol. The van der Waals surface area contributed by atoms with E-state index in [-0.39, 0.29) is 5.91 Å². The molecule has 1 aliphatic rings. The van der Waals surface area contributed by atoms with Crippen LogP contribution in [0.2, 0.25) is 0 Å². The summed E-state index contributed by atoms with van der Waals surface area (Å²) in [5.74, 6) is -0.0697. The van der Waals surface area contributed by atoms with Crippen LogP contribution in [0, 0.1) is 0 Å². The molecule has 0 aliphatic carbocycles. The maximum Gasteiger partial charge on any atom is 0.492 e. The Labute approximate surface area is 145 Å². The fraction of sp³-hybridized carbons (Fsp3) is 0.526. The van der Waals surface area contributed by atoms with Crippen molar-refractivity contribution in [2.75, 3.05) is 6.54 Å². The lowest BCUT2D eigenvalue weighted by molar-refractivity contribution is -0.118. The first kappa shape index (κ1) is 18.7. The molecule has 1 fully saturated rings. The topological polar surface area (TPSA) is 47.6 Å². The van der Waals surface area contributed by atoms with Crippen LogP contribution in [-0.2, 0) is 20.5 Å². The molecule has 0 atom stereocenters. The van der Waals surface area contributed by atoms with E-state index in [0.29, 0.717) is 6.54 Å². The molecule has 24 heavy (non-hydrogen) atoms. The number of aryl methyl sites for hydroxylation is 1. The Morgan fingerprint density at radius 3 is 2.38 bits per heavy atom. The van der Waals surface area contributed by atoms with Gasteiger partial charge in [0.15, 0.2) is 0 Å². The van der Waals surface area contributed by atoms with E-state index in [2.05, 4.69) is 36.5 Å². The van der Waals surface area contributed by atoms with E-state index in [4.69, 9.17) is 9.31 Å². The van der Waals surface area contributed by atoms with Crippen LogP contribution in [0.5, 0.6) is 0 Å². The Morgan fingerprint density at radius 2 is 1.83 bits per heavy atom. The maximum atomic E-state index is 11.4. The van der Waals surface area contributed by atoms with Crippen LogP contribution < -0.4 is 5.32 Å². The van der Waals surface area contributed by atoms with Gasteiger partial charge in [-0.15, -0.1) is 0 Å². The molecule has 1 aromatic carbocycles. The Morgan fingerprint density at radius 1 is 1.21 bits per heavy atom. The van der Waals surface area contributed by atoms with E-state index < -0.39 is 18.3 Å². The maximum absolute atomic E-state index is 11.4. The van der Waals surface area contributed by atoms with Gasteiger partial charge in [0.2, 0.25) is 5.91 Å². The van der Waals surface area contributed by atoms with Crippen molar-refractivity contribution in [1.29, 1.82) is 0 Å². The minimum atomic E-state index is -0.466. The second-order valence-corrected chi connectivity index (χ2v) is 7.32. The molecular formula is C19H28BNO3. The number of carbonyl (C=O) groups excluding carboxylic acids is 1. The molecular weight excluding hydrogens is 301 g/mol. The summed E-state index contributed by atoms with van der Waals surface area (Å²) in [5, 5.41) is 2.86. The first-order valence-corrected chi connectivity index (χ1v) is 8.54. The number of hydrogen-bond acceptors (Lipinski definition) is 3. The van der Waals surface area contributed by atoms with Gasteiger partial charge in [0.1, 0.15) is 0 Å². The highest BCUT2D eigenvalue weighted by Gasteiger charge is 2.52. The summed E-state index contributed by atoms with van der Waals surface area (Å²) >= 11 is 0. The SMILES string of the molecule is CCc1cccc(C=C(CNC(C)=O)B2OC(C)(C)C(C)(C)O2)c1. The van der Waals surface area contributed by atoms with Crippen molar-refractivity contribution in [3.63, 3.8) is 0 Å². The van der Waals surface area contributed by atoms with Crippen LogP contribution in [0.1, 0.15) is 52.7 Å². The average molecular weight is 329 g/mol. The summed E-state index contributed by atoms with van der Waals surface area (Å²) in [4.78, 5) is 11.4. The van der Waals surface area contributed by atoms with Gasteiger partial charge in [0.05, 0.1) is 11.2 Å². The van der Waals surface area contributed by atoms with Crippen molar-refractivity contribution in [2.24, 2.45) is 0 Å². The van der Waals surface area contributed by atoms with E-state index in [1.54, 1.807) is 0 Å². The second kappa shape index (κ2) is 7.12. The molecule has 1 N–H and O–H groups in total. The molecule has 1 heterocycles. The minimum Gasteiger partial charge on any atom is -0.400 e. The van der Waals surface area contributed by atoms with Crippen molar-refractivity contribution < 1.29 is 14.1 Å².